The second kappa shape index (κ2) is 15.3. The van der Waals surface area contributed by atoms with Crippen LogP contribution in [0.25, 0.3) is 21.1 Å². The number of anilines is 2. The first-order valence-corrected chi connectivity index (χ1v) is 15.5. The number of hydrogen-bond donors (Lipinski definition) is 0. The molecule has 4 aromatic heterocycles. The number of hydrogen-bond acceptors (Lipinski definition) is 12. The molecule has 2 amide bonds. The summed E-state index contributed by atoms with van der Waals surface area (Å²) in [6.07, 6.45) is 12.8. The number of likely N-dealkylation sites (N-methyl/N-ethyl adjacent to an activating group) is 1. The van der Waals surface area contributed by atoms with Gasteiger partial charge in [0.15, 0.2) is 10.0 Å². The van der Waals surface area contributed by atoms with Crippen molar-refractivity contribution in [2.45, 2.75) is 6.42 Å². The molecule has 0 aliphatic heterocycles. The maximum atomic E-state index is 11.9. The molecular weight excluding hydrogens is 561 g/mol. The molecule has 0 saturated carbocycles. The molecule has 38 heavy (non-hydrogen) atoms. The minimum atomic E-state index is -0.122. The first-order valence-electron chi connectivity index (χ1n) is 11.1. The summed E-state index contributed by atoms with van der Waals surface area (Å²) < 4.78 is 0. The molecule has 0 aromatic carbocycles. The highest BCUT2D eigenvalue weighted by molar-refractivity contribution is 8.01. The molecule has 0 saturated heterocycles. The minimum Gasteiger partial charge on any atom is -0.290 e. The second-order valence-corrected chi connectivity index (χ2v) is 11.0. The zero-order chi connectivity index (χ0) is 27.3. The van der Waals surface area contributed by atoms with Crippen molar-refractivity contribution in [2.75, 3.05) is 42.2 Å². The lowest BCUT2D eigenvalue weighted by molar-refractivity contribution is -0.118. The Morgan fingerprint density at radius 1 is 0.868 bits per heavy atom. The number of carbonyl (C=O) groups excluding carboxylic acids is 2. The van der Waals surface area contributed by atoms with Gasteiger partial charge in [0, 0.05) is 68.3 Å². The van der Waals surface area contributed by atoms with E-state index < -0.39 is 0 Å². The highest BCUT2D eigenvalue weighted by atomic mass is 32.2. The number of pyridine rings is 2. The van der Waals surface area contributed by atoms with Crippen molar-refractivity contribution in [1.29, 1.82) is 0 Å². The first-order chi connectivity index (χ1) is 18.4. The monoisotopic (exact) mass is 586 g/mol. The standard InChI is InChI=1S/C12H14N4OS2.C12H12N4OS2/c2*1-16(10(17)5-7-18-2)12-15-14-11(19-12)9-4-3-6-13-8-9/h3-4,6,8H,5,7H2,1-2H3;3-8H,1-2H3/b;7-5+. The van der Waals surface area contributed by atoms with E-state index in [0.717, 1.165) is 26.9 Å². The normalized spacial score (nSPS) is 10.6. The fraction of sp³-hybridized carbons (Fsp3) is 0.250. The summed E-state index contributed by atoms with van der Waals surface area (Å²) in [6.45, 7) is 0. The van der Waals surface area contributed by atoms with Gasteiger partial charge in [0.1, 0.15) is 0 Å². The Balaban J connectivity index is 0.000000211. The van der Waals surface area contributed by atoms with Crippen molar-refractivity contribution in [3.05, 3.63) is 60.5 Å². The topological polar surface area (TPSA) is 118 Å². The third-order valence-electron chi connectivity index (χ3n) is 4.79. The largest absolute Gasteiger partial charge is 0.290 e. The van der Waals surface area contributed by atoms with Gasteiger partial charge in [-0.1, -0.05) is 22.7 Å². The molecule has 10 nitrogen and oxygen atoms in total. The summed E-state index contributed by atoms with van der Waals surface area (Å²) in [7, 11) is 3.41. The fourth-order valence-electron chi connectivity index (χ4n) is 2.71. The highest BCUT2D eigenvalue weighted by Gasteiger charge is 2.16. The Morgan fingerprint density at radius 3 is 1.89 bits per heavy atom. The Labute approximate surface area is 237 Å². The molecule has 0 spiro atoms. The number of amides is 2. The van der Waals surface area contributed by atoms with E-state index in [4.69, 9.17) is 0 Å². The van der Waals surface area contributed by atoms with Gasteiger partial charge in [0.25, 0.3) is 5.91 Å². The van der Waals surface area contributed by atoms with E-state index in [1.54, 1.807) is 61.0 Å². The lowest BCUT2D eigenvalue weighted by Gasteiger charge is -2.12. The predicted molar refractivity (Wildman–Crippen MR) is 159 cm³/mol. The van der Waals surface area contributed by atoms with Crippen LogP contribution in [0.5, 0.6) is 0 Å². The molecule has 0 aliphatic carbocycles. The van der Waals surface area contributed by atoms with Gasteiger partial charge >= 0.3 is 0 Å². The molecule has 4 heterocycles. The summed E-state index contributed by atoms with van der Waals surface area (Å²) in [4.78, 5) is 34.8. The number of aromatic nitrogens is 6. The zero-order valence-electron chi connectivity index (χ0n) is 21.2. The van der Waals surface area contributed by atoms with Gasteiger partial charge in [-0.3, -0.25) is 29.4 Å². The summed E-state index contributed by atoms with van der Waals surface area (Å²) in [5.74, 6) is 0.753. The van der Waals surface area contributed by atoms with Crippen LogP contribution in [0.4, 0.5) is 10.3 Å². The lowest BCUT2D eigenvalue weighted by Crippen LogP contribution is -2.26. The van der Waals surface area contributed by atoms with E-state index in [-0.39, 0.29) is 11.8 Å². The van der Waals surface area contributed by atoms with Crippen LogP contribution in [0.15, 0.2) is 60.5 Å². The summed E-state index contributed by atoms with van der Waals surface area (Å²) in [5.41, 5.74) is 1.81. The van der Waals surface area contributed by atoms with E-state index in [1.165, 1.54) is 45.4 Å². The van der Waals surface area contributed by atoms with Gasteiger partial charge in [-0.2, -0.15) is 11.8 Å². The smallest absolute Gasteiger partial charge is 0.253 e. The van der Waals surface area contributed by atoms with E-state index in [1.807, 2.05) is 36.8 Å². The zero-order valence-corrected chi connectivity index (χ0v) is 24.5. The molecular formula is C24H26N8O2S4. The Hall–Kier alpha value is -3.20. The molecule has 0 unspecified atom stereocenters. The minimum absolute atomic E-state index is 0.0586. The average molecular weight is 587 g/mol. The summed E-state index contributed by atoms with van der Waals surface area (Å²) in [5, 5.41) is 20.7. The molecule has 4 rings (SSSR count). The van der Waals surface area contributed by atoms with E-state index >= 15 is 0 Å². The predicted octanol–water partition coefficient (Wildman–Crippen LogP) is 4.76. The van der Waals surface area contributed by atoms with Gasteiger partial charge in [0.2, 0.25) is 16.2 Å². The van der Waals surface area contributed by atoms with Crippen molar-refractivity contribution >= 4 is 68.3 Å². The number of carbonyl (C=O) groups is 2. The molecule has 0 aliphatic rings. The summed E-state index contributed by atoms with van der Waals surface area (Å²) in [6, 6.07) is 7.52. The first kappa shape index (κ1) is 29.4. The van der Waals surface area contributed by atoms with Crippen molar-refractivity contribution < 1.29 is 9.59 Å². The maximum Gasteiger partial charge on any atom is 0.253 e. The number of nitrogens with zero attached hydrogens (tertiary/aromatic N) is 8. The SMILES string of the molecule is CS/C=C/C(=O)N(C)c1nnc(-c2cccnc2)s1.CSCCC(=O)N(C)c1nnc(-c2cccnc2)s1. The van der Waals surface area contributed by atoms with Crippen LogP contribution in [0.2, 0.25) is 0 Å². The van der Waals surface area contributed by atoms with E-state index in [2.05, 4.69) is 30.4 Å². The average Bonchev–Trinajstić information content (AvgIpc) is 3.66. The molecule has 0 radical (unpaired) electrons. The van der Waals surface area contributed by atoms with E-state index in [9.17, 15) is 9.59 Å². The highest BCUT2D eigenvalue weighted by Crippen LogP contribution is 2.28. The molecule has 14 heteroatoms. The molecule has 198 valence electrons. The lowest BCUT2D eigenvalue weighted by atomic mass is 10.3. The van der Waals surface area contributed by atoms with Crippen LogP contribution < -0.4 is 9.80 Å². The van der Waals surface area contributed by atoms with Crippen molar-refractivity contribution in [2.24, 2.45) is 0 Å². The van der Waals surface area contributed by atoms with Crippen LogP contribution in [-0.2, 0) is 9.59 Å². The van der Waals surface area contributed by atoms with Gasteiger partial charge in [0.05, 0.1) is 0 Å². The number of rotatable bonds is 9. The third kappa shape index (κ3) is 8.41. The molecule has 0 bridgehead atoms. The third-order valence-corrected chi connectivity index (χ3v) is 7.91. The quantitative estimate of drug-likeness (QED) is 0.254. The van der Waals surface area contributed by atoms with Gasteiger partial charge in [-0.15, -0.1) is 32.2 Å². The molecule has 0 atom stereocenters. The Kier molecular flexibility index (Phi) is 11.8. The second-order valence-electron chi connectivity index (χ2n) is 7.39. The maximum absolute atomic E-state index is 11.9. The van der Waals surface area contributed by atoms with Crippen molar-refractivity contribution in [3.63, 3.8) is 0 Å². The summed E-state index contributed by atoms with van der Waals surface area (Å²) >= 11 is 5.88. The molecule has 4 aromatic rings. The van der Waals surface area contributed by atoms with Crippen LogP contribution in [-0.4, -0.2) is 74.5 Å². The molecule has 0 fully saturated rings. The van der Waals surface area contributed by atoms with Crippen LogP contribution >= 0.6 is 46.2 Å². The van der Waals surface area contributed by atoms with Crippen molar-refractivity contribution in [1.82, 2.24) is 30.4 Å². The van der Waals surface area contributed by atoms with Crippen molar-refractivity contribution in [3.8, 4) is 21.1 Å². The van der Waals surface area contributed by atoms with Crippen LogP contribution in [0.1, 0.15) is 6.42 Å². The van der Waals surface area contributed by atoms with Crippen LogP contribution in [0, 0.1) is 0 Å². The number of thioether (sulfide) groups is 2. The Morgan fingerprint density at radius 2 is 1.42 bits per heavy atom. The van der Waals surface area contributed by atoms with E-state index in [0.29, 0.717) is 16.7 Å². The van der Waals surface area contributed by atoms with Crippen LogP contribution in [0.3, 0.4) is 0 Å². The molecule has 0 N–H and O–H groups in total. The van der Waals surface area contributed by atoms with Gasteiger partial charge in [-0.25, -0.2) is 0 Å². The fourth-order valence-corrected chi connectivity index (χ4v) is 4.96. The van der Waals surface area contributed by atoms with Gasteiger partial charge in [-0.05, 0) is 42.2 Å². The van der Waals surface area contributed by atoms with Gasteiger partial charge < -0.3 is 0 Å². The Bertz CT molecular complexity index is 1330.